The molecule has 0 saturated heterocycles. The van der Waals surface area contributed by atoms with E-state index in [4.69, 9.17) is 24.4 Å². The fourth-order valence-corrected chi connectivity index (χ4v) is 8.99. The average Bonchev–Trinajstić information content (AvgIpc) is 3.67. The number of hydrogen-bond acceptors (Lipinski definition) is 5. The van der Waals surface area contributed by atoms with Crippen molar-refractivity contribution in [3.8, 4) is 45.3 Å². The van der Waals surface area contributed by atoms with E-state index in [1.165, 1.54) is 32.5 Å². The molecule has 3 heterocycles. The predicted octanol–water partition coefficient (Wildman–Crippen LogP) is 11.5. The van der Waals surface area contributed by atoms with Gasteiger partial charge in [0.05, 0.1) is 11.3 Å². The number of furan rings is 1. The van der Waals surface area contributed by atoms with Crippen molar-refractivity contribution in [3.05, 3.63) is 198 Å². The van der Waals surface area contributed by atoms with E-state index in [1.807, 2.05) is 30.3 Å². The van der Waals surface area contributed by atoms with Gasteiger partial charge in [-0.1, -0.05) is 158 Å². The van der Waals surface area contributed by atoms with E-state index in [2.05, 4.69) is 152 Å². The Labute approximate surface area is 327 Å². The number of benzene rings is 8. The highest BCUT2D eigenvalue weighted by Gasteiger charge is 2.30. The molecule has 0 saturated carbocycles. The number of aromatic nitrogens is 3. The zero-order chi connectivity index (χ0) is 37.5. The van der Waals surface area contributed by atoms with Crippen LogP contribution >= 0.6 is 0 Å². The van der Waals surface area contributed by atoms with Gasteiger partial charge in [0, 0.05) is 28.0 Å². The number of allylic oxidation sites excluding steroid dienone is 3. The summed E-state index contributed by atoms with van der Waals surface area (Å²) in [4.78, 5) is 20.7. The maximum absolute atomic E-state index is 6.34. The Morgan fingerprint density at radius 1 is 0.474 bits per heavy atom. The first kappa shape index (κ1) is 31.8. The van der Waals surface area contributed by atoms with Gasteiger partial charge in [0.1, 0.15) is 5.58 Å². The molecular weight excluding hydrogens is 697 g/mol. The molecule has 5 nitrogen and oxygen atoms in total. The second-order valence-corrected chi connectivity index (χ2v) is 14.9. The van der Waals surface area contributed by atoms with Crippen LogP contribution in [0.4, 0.5) is 0 Å². The summed E-state index contributed by atoms with van der Waals surface area (Å²) in [6.45, 7) is 0. The van der Waals surface area contributed by atoms with Crippen LogP contribution in [0.25, 0.3) is 94.2 Å². The SMILES string of the molecule is C1=CC2=c3c(oc4ccccc34)=NC(c3cccc(-c4cccc(-c5nc(-c6ccccc6)nc(-c6ccc7ccc8cccc9ccc6c7c89)n5)c4)c3)C2C=C1. The number of para-hydroxylation sites is 1. The maximum Gasteiger partial charge on any atom is 0.223 e. The van der Waals surface area contributed by atoms with Crippen molar-refractivity contribution in [2.45, 2.75) is 6.04 Å². The molecule has 0 fully saturated rings. The molecule has 0 spiro atoms. The minimum absolute atomic E-state index is 0.102. The molecular formula is C52H32N4O. The zero-order valence-corrected chi connectivity index (χ0v) is 30.7. The van der Waals surface area contributed by atoms with E-state index >= 15 is 0 Å². The lowest BCUT2D eigenvalue weighted by Gasteiger charge is -2.27. The Kier molecular flexibility index (Phi) is 6.99. The lowest BCUT2D eigenvalue weighted by molar-refractivity contribution is 0.494. The quantitative estimate of drug-likeness (QED) is 0.166. The molecule has 5 heteroatoms. The molecule has 12 rings (SSSR count). The third-order valence-corrected chi connectivity index (χ3v) is 11.6. The van der Waals surface area contributed by atoms with Crippen molar-refractivity contribution in [2.24, 2.45) is 10.9 Å². The van der Waals surface area contributed by atoms with Crippen molar-refractivity contribution < 1.29 is 4.42 Å². The lowest BCUT2D eigenvalue weighted by Crippen LogP contribution is -2.33. The summed E-state index contributed by atoms with van der Waals surface area (Å²) in [6.07, 6.45) is 8.73. The minimum atomic E-state index is -0.123. The standard InChI is InChI=1S/C52H32N4O/c1-2-11-34(12-3-1)49-54-50(56-51(55-49)42-28-26-33-24-23-31-13-8-14-32-25-27-40(42)46(33)45(31)32)38-18-10-16-36(30-38)35-15-9-17-37(29-35)48-41-20-5-4-19-39(41)47-43-21-6-7-22-44(43)57-52(47)53-48/h1-30,41,48H. The van der Waals surface area contributed by atoms with Crippen LogP contribution in [0.5, 0.6) is 0 Å². The van der Waals surface area contributed by atoms with E-state index in [-0.39, 0.29) is 12.0 Å². The maximum atomic E-state index is 6.34. The second-order valence-electron chi connectivity index (χ2n) is 14.9. The van der Waals surface area contributed by atoms with Gasteiger partial charge in [-0.2, -0.15) is 0 Å². The highest BCUT2D eigenvalue weighted by molar-refractivity contribution is 6.25. The van der Waals surface area contributed by atoms with E-state index in [0.717, 1.165) is 55.0 Å². The molecule has 10 aromatic rings. The Hall–Kier alpha value is -7.50. The first-order valence-electron chi connectivity index (χ1n) is 19.4. The van der Waals surface area contributed by atoms with Crippen LogP contribution in [0.2, 0.25) is 0 Å². The van der Waals surface area contributed by atoms with Gasteiger partial charge in [0.25, 0.3) is 0 Å². The van der Waals surface area contributed by atoms with Crippen molar-refractivity contribution in [1.82, 2.24) is 15.0 Å². The molecule has 8 aromatic carbocycles. The molecule has 266 valence electrons. The molecule has 2 atom stereocenters. The van der Waals surface area contributed by atoms with E-state index < -0.39 is 0 Å². The minimum Gasteiger partial charge on any atom is -0.438 e. The van der Waals surface area contributed by atoms with Crippen LogP contribution in [0.3, 0.4) is 0 Å². The van der Waals surface area contributed by atoms with Gasteiger partial charge in [-0.05, 0) is 78.8 Å². The molecule has 0 bridgehead atoms. The molecule has 2 aromatic heterocycles. The molecule has 57 heavy (non-hydrogen) atoms. The largest absolute Gasteiger partial charge is 0.438 e. The fraction of sp³-hybridized carbons (Fsp3) is 0.0385. The van der Waals surface area contributed by atoms with Crippen molar-refractivity contribution >= 4 is 48.9 Å². The summed E-state index contributed by atoms with van der Waals surface area (Å²) in [5.41, 5.74) is 8.95. The van der Waals surface area contributed by atoms with Crippen LogP contribution < -0.4 is 10.8 Å². The molecule has 0 N–H and O–H groups in total. The van der Waals surface area contributed by atoms with Crippen LogP contribution in [-0.4, -0.2) is 15.0 Å². The molecule has 0 radical (unpaired) electrons. The summed E-state index contributed by atoms with van der Waals surface area (Å²) in [7, 11) is 0. The third kappa shape index (κ3) is 5.09. The smallest absolute Gasteiger partial charge is 0.223 e. The highest BCUT2D eigenvalue weighted by atomic mass is 16.3. The lowest BCUT2D eigenvalue weighted by atomic mass is 9.81. The Balaban J connectivity index is 0.982. The van der Waals surface area contributed by atoms with Gasteiger partial charge >= 0.3 is 0 Å². The first-order valence-corrected chi connectivity index (χ1v) is 19.4. The highest BCUT2D eigenvalue weighted by Crippen LogP contribution is 2.41. The topological polar surface area (TPSA) is 64.2 Å². The summed E-state index contributed by atoms with van der Waals surface area (Å²) >= 11 is 0. The Bertz CT molecular complexity index is 3420. The summed E-state index contributed by atoms with van der Waals surface area (Å²) < 4.78 is 6.34. The van der Waals surface area contributed by atoms with Gasteiger partial charge in [-0.3, -0.25) is 0 Å². The third-order valence-electron chi connectivity index (χ3n) is 11.6. The second kappa shape index (κ2) is 12.5. The number of hydrogen-bond donors (Lipinski definition) is 0. The number of fused-ring (bicyclic) bond motifs is 4. The predicted molar refractivity (Wildman–Crippen MR) is 230 cm³/mol. The van der Waals surface area contributed by atoms with Crippen molar-refractivity contribution in [1.29, 1.82) is 0 Å². The molecule has 2 unspecified atom stereocenters. The van der Waals surface area contributed by atoms with Crippen molar-refractivity contribution in [3.63, 3.8) is 0 Å². The molecule has 1 aliphatic carbocycles. The molecule has 2 aliphatic rings. The van der Waals surface area contributed by atoms with Crippen molar-refractivity contribution in [2.75, 3.05) is 0 Å². The van der Waals surface area contributed by atoms with Gasteiger partial charge in [-0.15, -0.1) is 0 Å². The van der Waals surface area contributed by atoms with E-state index in [1.54, 1.807) is 0 Å². The summed E-state index contributed by atoms with van der Waals surface area (Å²) in [5, 5.41) is 9.50. The molecule has 0 amide bonds. The monoisotopic (exact) mass is 728 g/mol. The summed E-state index contributed by atoms with van der Waals surface area (Å²) in [5.74, 6) is 2.01. The van der Waals surface area contributed by atoms with Crippen LogP contribution in [0, 0.1) is 5.92 Å². The normalized spacial score (nSPS) is 16.0. The zero-order valence-electron chi connectivity index (χ0n) is 30.7. The van der Waals surface area contributed by atoms with Gasteiger partial charge < -0.3 is 4.42 Å². The van der Waals surface area contributed by atoms with Gasteiger partial charge in [0.2, 0.25) is 5.55 Å². The van der Waals surface area contributed by atoms with Gasteiger partial charge in [0.15, 0.2) is 17.5 Å². The average molecular weight is 729 g/mol. The fourth-order valence-electron chi connectivity index (χ4n) is 8.99. The number of rotatable bonds is 5. The number of nitrogens with zero attached hydrogens (tertiary/aromatic N) is 4. The van der Waals surface area contributed by atoms with Crippen LogP contribution in [0.1, 0.15) is 11.6 Å². The first-order chi connectivity index (χ1) is 28.2. The Morgan fingerprint density at radius 2 is 1.14 bits per heavy atom. The van der Waals surface area contributed by atoms with Gasteiger partial charge in [-0.25, -0.2) is 19.9 Å². The molecule has 1 aliphatic heterocycles. The van der Waals surface area contributed by atoms with Crippen LogP contribution in [-0.2, 0) is 0 Å². The van der Waals surface area contributed by atoms with Crippen LogP contribution in [0.15, 0.2) is 191 Å². The van der Waals surface area contributed by atoms with E-state index in [9.17, 15) is 0 Å². The summed E-state index contributed by atoms with van der Waals surface area (Å²) in [6, 6.07) is 55.2. The Morgan fingerprint density at radius 3 is 2.02 bits per heavy atom. The van der Waals surface area contributed by atoms with E-state index in [0.29, 0.717) is 23.0 Å².